The number of hydrogen-bond donors (Lipinski definition) is 2. The standard InChI is InChI=1S/C8H12Cl2F2N4/c1-4-7(9)5(16(2)15-4)3-6(14-13)8(10,11)12/h6,14H,3,13H2,1-2H3. The Balaban J connectivity index is 2.95. The lowest BCUT2D eigenvalue weighted by Gasteiger charge is -2.20. The van der Waals surface area contributed by atoms with Crippen LogP contribution in [0.1, 0.15) is 11.4 Å². The molecule has 1 aromatic heterocycles. The maximum Gasteiger partial charge on any atom is 0.338 e. The molecule has 0 amide bonds. The Labute approximate surface area is 102 Å². The molecule has 0 saturated heterocycles. The fourth-order valence-corrected chi connectivity index (χ4v) is 1.74. The van der Waals surface area contributed by atoms with Gasteiger partial charge in [-0.05, 0) is 18.5 Å². The van der Waals surface area contributed by atoms with Crippen molar-refractivity contribution in [3.05, 3.63) is 16.4 Å². The number of nitrogens with one attached hydrogen (secondary N) is 1. The third kappa shape index (κ3) is 2.82. The summed E-state index contributed by atoms with van der Waals surface area (Å²) in [5.74, 6) is 5.03. The molecule has 1 heterocycles. The van der Waals surface area contributed by atoms with Crippen LogP contribution < -0.4 is 11.3 Å². The van der Waals surface area contributed by atoms with Crippen molar-refractivity contribution in [3.63, 3.8) is 0 Å². The Morgan fingerprint density at radius 2 is 2.19 bits per heavy atom. The first-order chi connectivity index (χ1) is 7.27. The molecule has 92 valence electrons. The number of hydrogen-bond acceptors (Lipinski definition) is 3. The minimum Gasteiger partial charge on any atom is -0.271 e. The van der Waals surface area contributed by atoms with Gasteiger partial charge in [-0.15, -0.1) is 0 Å². The first kappa shape index (κ1) is 13.6. The summed E-state index contributed by atoms with van der Waals surface area (Å²) in [5, 5.41) is 0.911. The maximum atomic E-state index is 12.9. The minimum absolute atomic E-state index is 0.108. The van der Waals surface area contributed by atoms with Crippen molar-refractivity contribution in [2.75, 3.05) is 0 Å². The normalized spacial score (nSPS) is 14.2. The quantitative estimate of drug-likeness (QED) is 0.497. The van der Waals surface area contributed by atoms with Gasteiger partial charge < -0.3 is 0 Å². The second-order valence-corrected chi connectivity index (χ2v) is 4.32. The van der Waals surface area contributed by atoms with Crippen LogP contribution in [-0.4, -0.2) is 21.2 Å². The number of nitrogens with two attached hydrogens (primary N) is 1. The lowest BCUT2D eigenvalue weighted by atomic mass is 10.1. The fraction of sp³-hybridized carbons (Fsp3) is 0.625. The minimum atomic E-state index is -3.45. The number of aromatic nitrogens is 2. The van der Waals surface area contributed by atoms with Crippen LogP contribution in [0.25, 0.3) is 0 Å². The van der Waals surface area contributed by atoms with E-state index in [1.165, 1.54) is 4.68 Å². The van der Waals surface area contributed by atoms with E-state index in [0.29, 0.717) is 16.4 Å². The summed E-state index contributed by atoms with van der Waals surface area (Å²) < 4.78 is 27.2. The largest absolute Gasteiger partial charge is 0.338 e. The fourth-order valence-electron chi connectivity index (χ4n) is 1.36. The van der Waals surface area contributed by atoms with E-state index in [9.17, 15) is 8.78 Å². The Morgan fingerprint density at radius 1 is 1.62 bits per heavy atom. The van der Waals surface area contributed by atoms with Gasteiger partial charge >= 0.3 is 5.38 Å². The predicted octanol–water partition coefficient (Wildman–Crippen LogP) is 1.59. The van der Waals surface area contributed by atoms with Crippen LogP contribution in [0, 0.1) is 6.92 Å². The molecule has 0 radical (unpaired) electrons. The highest BCUT2D eigenvalue weighted by molar-refractivity contribution is 6.31. The Bertz CT molecular complexity index is 375. The summed E-state index contributed by atoms with van der Waals surface area (Å²) in [7, 11) is 1.62. The number of aryl methyl sites for hydroxylation is 2. The molecule has 8 heteroatoms. The highest BCUT2D eigenvalue weighted by atomic mass is 35.5. The second-order valence-electron chi connectivity index (χ2n) is 3.43. The number of halogens is 4. The molecule has 0 aliphatic heterocycles. The van der Waals surface area contributed by atoms with E-state index in [1.807, 2.05) is 5.43 Å². The Kier molecular flexibility index (Phi) is 4.12. The van der Waals surface area contributed by atoms with E-state index >= 15 is 0 Å². The van der Waals surface area contributed by atoms with Gasteiger partial charge in [0.1, 0.15) is 6.04 Å². The number of rotatable bonds is 4. The van der Waals surface area contributed by atoms with Crippen LogP contribution in [-0.2, 0) is 13.5 Å². The molecule has 0 fully saturated rings. The average molecular weight is 273 g/mol. The SMILES string of the molecule is Cc1nn(C)c(CC(NN)C(F)(F)Cl)c1Cl. The molecule has 1 unspecified atom stereocenters. The van der Waals surface area contributed by atoms with Crippen molar-refractivity contribution in [2.24, 2.45) is 12.9 Å². The summed E-state index contributed by atoms with van der Waals surface area (Å²) in [4.78, 5) is 0. The van der Waals surface area contributed by atoms with Crippen molar-refractivity contribution in [1.29, 1.82) is 0 Å². The van der Waals surface area contributed by atoms with Gasteiger partial charge in [-0.2, -0.15) is 13.9 Å². The Morgan fingerprint density at radius 3 is 2.50 bits per heavy atom. The smallest absolute Gasteiger partial charge is 0.271 e. The summed E-state index contributed by atoms with van der Waals surface area (Å²) in [6.07, 6.45) is -0.108. The van der Waals surface area contributed by atoms with Gasteiger partial charge in [-0.3, -0.25) is 10.5 Å². The molecule has 16 heavy (non-hydrogen) atoms. The predicted molar refractivity (Wildman–Crippen MR) is 58.6 cm³/mol. The van der Waals surface area contributed by atoms with Gasteiger partial charge in [0.25, 0.3) is 0 Å². The number of hydrazine groups is 1. The summed E-state index contributed by atoms with van der Waals surface area (Å²) in [6.45, 7) is 1.69. The van der Waals surface area contributed by atoms with E-state index in [-0.39, 0.29) is 6.42 Å². The molecule has 4 nitrogen and oxygen atoms in total. The summed E-state index contributed by atoms with van der Waals surface area (Å²) >= 11 is 10.8. The van der Waals surface area contributed by atoms with Crippen molar-refractivity contribution in [3.8, 4) is 0 Å². The third-order valence-corrected chi connectivity index (χ3v) is 3.01. The molecule has 1 rings (SSSR count). The summed E-state index contributed by atoms with van der Waals surface area (Å²) in [5.41, 5.74) is 3.01. The van der Waals surface area contributed by atoms with Crippen LogP contribution in [0.2, 0.25) is 5.02 Å². The highest BCUT2D eigenvalue weighted by Crippen LogP contribution is 2.28. The van der Waals surface area contributed by atoms with E-state index in [2.05, 4.69) is 5.10 Å². The highest BCUT2D eigenvalue weighted by Gasteiger charge is 2.37. The second kappa shape index (κ2) is 4.83. The van der Waals surface area contributed by atoms with Crippen LogP contribution in [0.4, 0.5) is 8.78 Å². The molecular formula is C8H12Cl2F2N4. The molecule has 0 aliphatic rings. The van der Waals surface area contributed by atoms with Gasteiger partial charge in [0.2, 0.25) is 0 Å². The molecule has 0 bridgehead atoms. The molecule has 0 spiro atoms. The molecule has 0 saturated carbocycles. The van der Waals surface area contributed by atoms with Crippen molar-refractivity contribution >= 4 is 23.2 Å². The van der Waals surface area contributed by atoms with Gasteiger partial charge in [-0.25, -0.2) is 5.43 Å². The van der Waals surface area contributed by atoms with Crippen LogP contribution in [0.3, 0.4) is 0 Å². The first-order valence-corrected chi connectivity index (χ1v) is 5.23. The van der Waals surface area contributed by atoms with Gasteiger partial charge in [0.05, 0.1) is 16.4 Å². The van der Waals surface area contributed by atoms with Gasteiger partial charge in [0.15, 0.2) is 0 Å². The lowest BCUT2D eigenvalue weighted by molar-refractivity contribution is 0.0496. The molecular weight excluding hydrogens is 261 g/mol. The first-order valence-electron chi connectivity index (χ1n) is 4.48. The molecule has 1 atom stereocenters. The van der Waals surface area contributed by atoms with Crippen molar-refractivity contribution in [1.82, 2.24) is 15.2 Å². The van der Waals surface area contributed by atoms with E-state index in [1.54, 1.807) is 14.0 Å². The van der Waals surface area contributed by atoms with E-state index in [0.717, 1.165) is 0 Å². The van der Waals surface area contributed by atoms with Gasteiger partial charge in [0, 0.05) is 13.5 Å². The van der Waals surface area contributed by atoms with Crippen LogP contribution in [0.15, 0.2) is 0 Å². The Hall–Kier alpha value is -0.430. The van der Waals surface area contributed by atoms with Crippen molar-refractivity contribution < 1.29 is 8.78 Å². The average Bonchev–Trinajstić information content (AvgIpc) is 2.37. The summed E-state index contributed by atoms with van der Waals surface area (Å²) in [6, 6.07) is -1.40. The topological polar surface area (TPSA) is 55.9 Å². The maximum absolute atomic E-state index is 12.9. The van der Waals surface area contributed by atoms with E-state index < -0.39 is 11.4 Å². The number of nitrogens with zero attached hydrogens (tertiary/aromatic N) is 2. The zero-order valence-electron chi connectivity index (χ0n) is 8.77. The van der Waals surface area contributed by atoms with Crippen molar-refractivity contribution in [2.45, 2.75) is 24.8 Å². The molecule has 0 aliphatic carbocycles. The zero-order chi connectivity index (χ0) is 12.5. The van der Waals surface area contributed by atoms with E-state index in [4.69, 9.17) is 29.0 Å². The van der Waals surface area contributed by atoms with Crippen LogP contribution >= 0.6 is 23.2 Å². The molecule has 1 aromatic rings. The molecule has 3 N–H and O–H groups in total. The monoisotopic (exact) mass is 272 g/mol. The zero-order valence-corrected chi connectivity index (χ0v) is 10.3. The molecule has 0 aromatic carbocycles. The van der Waals surface area contributed by atoms with Gasteiger partial charge in [-0.1, -0.05) is 11.6 Å². The number of alkyl halides is 3. The lowest BCUT2D eigenvalue weighted by Crippen LogP contribution is -2.47. The third-order valence-electron chi connectivity index (χ3n) is 2.26. The van der Waals surface area contributed by atoms with Crippen LogP contribution in [0.5, 0.6) is 0 Å².